The van der Waals surface area contributed by atoms with Gasteiger partial charge in [-0.05, 0) is 48.4 Å². The van der Waals surface area contributed by atoms with E-state index in [1.54, 1.807) is 30.3 Å². The zero-order valence-electron chi connectivity index (χ0n) is 15.1. The minimum absolute atomic E-state index is 0.132. The number of hydrogen-bond acceptors (Lipinski definition) is 5. The summed E-state index contributed by atoms with van der Waals surface area (Å²) in [7, 11) is 1.61. The Morgan fingerprint density at radius 3 is 2.88 bits per heavy atom. The van der Waals surface area contributed by atoms with Crippen molar-refractivity contribution in [2.24, 2.45) is 0 Å². The van der Waals surface area contributed by atoms with Crippen LogP contribution in [0.1, 0.15) is 29.3 Å². The van der Waals surface area contributed by atoms with Gasteiger partial charge in [0.05, 0.1) is 7.11 Å². The van der Waals surface area contributed by atoms with Crippen molar-refractivity contribution in [1.29, 1.82) is 0 Å². The van der Waals surface area contributed by atoms with E-state index in [1.807, 2.05) is 24.3 Å². The van der Waals surface area contributed by atoms with Crippen LogP contribution >= 0.6 is 11.3 Å². The Morgan fingerprint density at radius 2 is 2.08 bits per heavy atom. The summed E-state index contributed by atoms with van der Waals surface area (Å²) >= 11 is 1.73. The Balaban J connectivity index is 1.50. The van der Waals surface area contributed by atoms with E-state index in [9.17, 15) is 9.59 Å². The first-order valence-corrected chi connectivity index (χ1v) is 9.62. The van der Waals surface area contributed by atoms with Gasteiger partial charge in [-0.3, -0.25) is 9.59 Å². The Morgan fingerprint density at radius 1 is 1.27 bits per heavy atom. The molecule has 1 atom stereocenters. The quantitative estimate of drug-likeness (QED) is 0.730. The predicted octanol–water partition coefficient (Wildman–Crippen LogP) is 3.21. The third-order valence-electron chi connectivity index (χ3n) is 4.57. The molecule has 6 heteroatoms. The lowest BCUT2D eigenvalue weighted by molar-refractivity contribution is -0.159. The maximum Gasteiger partial charge on any atom is 0.306 e. The van der Waals surface area contributed by atoms with Gasteiger partial charge in [-0.15, -0.1) is 11.3 Å². The third-order valence-corrected chi connectivity index (χ3v) is 5.59. The maximum atomic E-state index is 12.6. The fraction of sp³-hybridized carbons (Fsp3) is 0.400. The maximum absolute atomic E-state index is 12.6. The highest BCUT2D eigenvalue weighted by atomic mass is 32.1. The number of para-hydroxylation sites is 1. The predicted molar refractivity (Wildman–Crippen MR) is 100 cm³/mol. The molecule has 26 heavy (non-hydrogen) atoms. The zero-order chi connectivity index (χ0) is 18.5. The number of carbonyl (C=O) groups is 2. The second-order valence-corrected chi connectivity index (χ2v) is 7.32. The molecule has 2 aromatic rings. The molecule has 0 spiro atoms. The third kappa shape index (κ3) is 4.25. The van der Waals surface area contributed by atoms with Crippen LogP contribution in [-0.2, 0) is 33.7 Å². The minimum atomic E-state index is -0.764. The summed E-state index contributed by atoms with van der Waals surface area (Å²) in [5.41, 5.74) is 2.15. The van der Waals surface area contributed by atoms with Crippen molar-refractivity contribution >= 4 is 23.2 Å². The smallest absolute Gasteiger partial charge is 0.306 e. The molecule has 1 aliphatic heterocycles. The zero-order valence-corrected chi connectivity index (χ0v) is 15.9. The van der Waals surface area contributed by atoms with Gasteiger partial charge in [0.1, 0.15) is 5.75 Å². The van der Waals surface area contributed by atoms with Gasteiger partial charge in [-0.25, -0.2) is 0 Å². The normalized spacial score (nSPS) is 14.5. The average Bonchev–Trinajstić information content (AvgIpc) is 3.13. The molecular weight excluding hydrogens is 350 g/mol. The largest absolute Gasteiger partial charge is 0.496 e. The Hall–Kier alpha value is -2.34. The van der Waals surface area contributed by atoms with Crippen molar-refractivity contribution < 1.29 is 19.1 Å². The van der Waals surface area contributed by atoms with Crippen LogP contribution in [0.25, 0.3) is 0 Å². The Bertz CT molecular complexity index is 786. The number of hydrogen-bond donors (Lipinski definition) is 0. The first-order chi connectivity index (χ1) is 12.6. The second-order valence-electron chi connectivity index (χ2n) is 6.32. The number of thiophene rings is 1. The van der Waals surface area contributed by atoms with Crippen molar-refractivity contribution in [3.8, 4) is 5.75 Å². The van der Waals surface area contributed by atoms with Gasteiger partial charge in [0.2, 0.25) is 0 Å². The molecule has 0 fully saturated rings. The molecule has 5 nitrogen and oxygen atoms in total. The summed E-state index contributed by atoms with van der Waals surface area (Å²) in [5, 5.41) is 2.06. The summed E-state index contributed by atoms with van der Waals surface area (Å²) in [6.45, 7) is 2.92. The monoisotopic (exact) mass is 373 g/mol. The van der Waals surface area contributed by atoms with Gasteiger partial charge < -0.3 is 14.4 Å². The highest BCUT2D eigenvalue weighted by Crippen LogP contribution is 2.24. The lowest BCUT2D eigenvalue weighted by Gasteiger charge is -2.29. The number of benzene rings is 1. The van der Waals surface area contributed by atoms with Crippen LogP contribution in [0.3, 0.4) is 0 Å². The number of esters is 1. The SMILES string of the molecule is COc1ccccc1CCC(=O)OC(C)C(=O)N1CCc2sccc2C1. The van der Waals surface area contributed by atoms with Crippen molar-refractivity contribution in [2.75, 3.05) is 13.7 Å². The number of aryl methyl sites for hydroxylation is 1. The highest BCUT2D eigenvalue weighted by molar-refractivity contribution is 7.10. The number of ether oxygens (including phenoxy) is 2. The van der Waals surface area contributed by atoms with E-state index >= 15 is 0 Å². The molecule has 0 saturated heterocycles. The van der Waals surface area contributed by atoms with E-state index < -0.39 is 6.10 Å². The fourth-order valence-corrected chi connectivity index (χ4v) is 4.04. The number of nitrogens with zero attached hydrogens (tertiary/aromatic N) is 1. The number of rotatable bonds is 6. The summed E-state index contributed by atoms with van der Waals surface area (Å²) in [5.74, 6) is 0.252. The molecule has 1 aliphatic rings. The van der Waals surface area contributed by atoms with E-state index in [0.717, 1.165) is 17.7 Å². The van der Waals surface area contributed by atoms with Gasteiger partial charge in [0.25, 0.3) is 5.91 Å². The van der Waals surface area contributed by atoms with E-state index in [0.29, 0.717) is 19.5 Å². The van der Waals surface area contributed by atoms with Gasteiger partial charge in [0, 0.05) is 24.4 Å². The van der Waals surface area contributed by atoms with Crippen molar-refractivity contribution in [1.82, 2.24) is 4.90 Å². The number of fused-ring (bicyclic) bond motifs is 1. The minimum Gasteiger partial charge on any atom is -0.496 e. The molecule has 1 unspecified atom stereocenters. The highest BCUT2D eigenvalue weighted by Gasteiger charge is 2.27. The van der Waals surface area contributed by atoms with E-state index in [1.165, 1.54) is 10.4 Å². The Kier molecular flexibility index (Phi) is 5.93. The number of carbonyl (C=O) groups excluding carboxylic acids is 2. The lowest BCUT2D eigenvalue weighted by atomic mass is 10.1. The molecule has 1 aromatic heterocycles. The molecule has 2 heterocycles. The Labute approximate surface area is 157 Å². The van der Waals surface area contributed by atoms with Gasteiger partial charge in [0.15, 0.2) is 6.10 Å². The summed E-state index contributed by atoms with van der Waals surface area (Å²) in [6.07, 6.45) is 0.839. The van der Waals surface area contributed by atoms with Gasteiger partial charge in [-0.2, -0.15) is 0 Å². The van der Waals surface area contributed by atoms with E-state index in [4.69, 9.17) is 9.47 Å². The molecule has 3 rings (SSSR count). The van der Waals surface area contributed by atoms with Crippen LogP contribution in [0.4, 0.5) is 0 Å². The van der Waals surface area contributed by atoms with Gasteiger partial charge >= 0.3 is 5.97 Å². The second kappa shape index (κ2) is 8.36. The van der Waals surface area contributed by atoms with Crippen molar-refractivity contribution in [3.63, 3.8) is 0 Å². The molecule has 0 aliphatic carbocycles. The first kappa shape index (κ1) is 18.5. The molecule has 0 N–H and O–H groups in total. The summed E-state index contributed by atoms with van der Waals surface area (Å²) in [6, 6.07) is 9.64. The van der Waals surface area contributed by atoms with Crippen LogP contribution in [0.5, 0.6) is 5.75 Å². The molecule has 0 bridgehead atoms. The molecule has 1 aromatic carbocycles. The first-order valence-electron chi connectivity index (χ1n) is 8.74. The number of methoxy groups -OCH3 is 1. The number of amides is 1. The lowest BCUT2D eigenvalue weighted by Crippen LogP contribution is -2.42. The molecular formula is C20H23NO4S. The van der Waals surface area contributed by atoms with Gasteiger partial charge in [-0.1, -0.05) is 18.2 Å². The molecule has 0 radical (unpaired) electrons. The van der Waals surface area contributed by atoms with E-state index in [2.05, 4.69) is 11.4 Å². The molecule has 138 valence electrons. The van der Waals surface area contributed by atoms with Crippen LogP contribution < -0.4 is 4.74 Å². The van der Waals surface area contributed by atoms with Crippen molar-refractivity contribution in [2.45, 2.75) is 38.8 Å². The topological polar surface area (TPSA) is 55.8 Å². The van der Waals surface area contributed by atoms with Crippen LogP contribution in [0.2, 0.25) is 0 Å². The van der Waals surface area contributed by atoms with Crippen LogP contribution in [-0.4, -0.2) is 36.5 Å². The molecule has 1 amide bonds. The summed E-state index contributed by atoms with van der Waals surface area (Å²) < 4.78 is 10.6. The average molecular weight is 373 g/mol. The van der Waals surface area contributed by atoms with Crippen molar-refractivity contribution in [3.05, 3.63) is 51.7 Å². The summed E-state index contributed by atoms with van der Waals surface area (Å²) in [4.78, 5) is 27.8. The fourth-order valence-electron chi connectivity index (χ4n) is 3.15. The standard InChI is InChI=1S/C20H23NO4S/c1-14(20(23)21-11-9-18-16(13-21)10-12-26-18)25-19(22)8-7-15-5-3-4-6-17(15)24-2/h3-6,10,12,14H,7-9,11,13H2,1-2H3. The van der Waals surface area contributed by atoms with Crippen LogP contribution in [0, 0.1) is 0 Å². The molecule has 0 saturated carbocycles. The van der Waals surface area contributed by atoms with E-state index in [-0.39, 0.29) is 18.3 Å². The van der Waals surface area contributed by atoms with Crippen LogP contribution in [0.15, 0.2) is 35.7 Å².